The van der Waals surface area contributed by atoms with E-state index in [0.29, 0.717) is 23.2 Å². The van der Waals surface area contributed by atoms with Gasteiger partial charge in [-0.1, -0.05) is 18.2 Å². The van der Waals surface area contributed by atoms with Crippen molar-refractivity contribution in [1.82, 2.24) is 19.9 Å². The standard InChI is InChI=1S/C22H22N4O3S/c1-14-11-17(19-7-8-22(27)26-25-19)12-21(15(14)2)30(28,29)24-10-9-16-13-23-20-6-4-3-5-18(16)20/h3-8,11-13,23-24H,9-10H2,1-2H3,(H,26,27). The molecule has 2 aromatic carbocycles. The first kappa shape index (κ1) is 20.1. The van der Waals surface area contributed by atoms with Gasteiger partial charge in [-0.2, -0.15) is 5.10 Å². The molecule has 0 aliphatic rings. The molecule has 0 spiro atoms. The molecule has 4 rings (SSSR count). The molecule has 2 heterocycles. The maximum absolute atomic E-state index is 13.0. The van der Waals surface area contributed by atoms with E-state index in [1.807, 2.05) is 43.5 Å². The number of fused-ring (bicyclic) bond motifs is 1. The lowest BCUT2D eigenvalue weighted by molar-refractivity contribution is 0.581. The second kappa shape index (κ2) is 7.89. The molecule has 0 saturated carbocycles. The maximum Gasteiger partial charge on any atom is 0.264 e. The van der Waals surface area contributed by atoms with E-state index in [0.717, 1.165) is 22.0 Å². The summed E-state index contributed by atoms with van der Waals surface area (Å²) >= 11 is 0. The molecule has 0 unspecified atom stereocenters. The van der Waals surface area contributed by atoms with Gasteiger partial charge in [0, 0.05) is 35.3 Å². The van der Waals surface area contributed by atoms with Crippen molar-refractivity contribution < 1.29 is 8.42 Å². The average Bonchev–Trinajstić information content (AvgIpc) is 3.13. The monoisotopic (exact) mass is 422 g/mol. The van der Waals surface area contributed by atoms with Crippen molar-refractivity contribution in [3.8, 4) is 11.3 Å². The largest absolute Gasteiger partial charge is 0.361 e. The van der Waals surface area contributed by atoms with E-state index in [1.165, 1.54) is 6.07 Å². The minimum absolute atomic E-state index is 0.212. The Hall–Kier alpha value is -3.23. The smallest absolute Gasteiger partial charge is 0.264 e. The summed E-state index contributed by atoms with van der Waals surface area (Å²) in [6.45, 7) is 3.92. The number of benzene rings is 2. The summed E-state index contributed by atoms with van der Waals surface area (Å²) in [7, 11) is -3.72. The molecule has 0 aliphatic carbocycles. The zero-order valence-corrected chi connectivity index (χ0v) is 17.5. The van der Waals surface area contributed by atoms with Gasteiger partial charge in [-0.3, -0.25) is 4.79 Å². The van der Waals surface area contributed by atoms with Gasteiger partial charge in [-0.15, -0.1) is 0 Å². The zero-order valence-electron chi connectivity index (χ0n) is 16.7. The summed E-state index contributed by atoms with van der Waals surface area (Å²) in [5, 5.41) is 7.49. The minimum atomic E-state index is -3.72. The minimum Gasteiger partial charge on any atom is -0.361 e. The number of nitrogens with zero attached hydrogens (tertiary/aromatic N) is 1. The number of nitrogens with one attached hydrogen (secondary N) is 3. The Morgan fingerprint density at radius 2 is 1.87 bits per heavy atom. The molecule has 30 heavy (non-hydrogen) atoms. The van der Waals surface area contributed by atoms with Gasteiger partial charge in [0.2, 0.25) is 10.0 Å². The first-order valence-electron chi connectivity index (χ1n) is 9.57. The number of aromatic amines is 2. The van der Waals surface area contributed by atoms with Crippen molar-refractivity contribution >= 4 is 20.9 Å². The molecular formula is C22H22N4O3S. The van der Waals surface area contributed by atoms with Gasteiger partial charge in [0.05, 0.1) is 10.6 Å². The Morgan fingerprint density at radius 3 is 2.63 bits per heavy atom. The fourth-order valence-corrected chi connectivity index (χ4v) is 4.87. The molecule has 0 aliphatic heterocycles. The van der Waals surface area contributed by atoms with Gasteiger partial charge >= 0.3 is 0 Å². The molecule has 8 heteroatoms. The molecule has 0 saturated heterocycles. The summed E-state index contributed by atoms with van der Waals surface area (Å²) in [4.78, 5) is 14.7. The fraction of sp³-hybridized carbons (Fsp3) is 0.182. The number of aryl methyl sites for hydroxylation is 1. The van der Waals surface area contributed by atoms with Crippen LogP contribution in [-0.2, 0) is 16.4 Å². The molecule has 4 aromatic rings. The van der Waals surface area contributed by atoms with Gasteiger partial charge < -0.3 is 4.98 Å². The van der Waals surface area contributed by atoms with E-state index < -0.39 is 10.0 Å². The normalized spacial score (nSPS) is 11.8. The fourth-order valence-electron chi connectivity index (χ4n) is 3.50. The van der Waals surface area contributed by atoms with E-state index in [-0.39, 0.29) is 17.0 Å². The lowest BCUT2D eigenvalue weighted by Crippen LogP contribution is -2.27. The molecule has 0 fully saturated rings. The third kappa shape index (κ3) is 3.92. The van der Waals surface area contributed by atoms with Crippen LogP contribution in [0.3, 0.4) is 0 Å². The van der Waals surface area contributed by atoms with Crippen LogP contribution in [0.15, 0.2) is 64.4 Å². The van der Waals surface area contributed by atoms with Crippen LogP contribution in [-0.4, -0.2) is 30.1 Å². The third-order valence-electron chi connectivity index (χ3n) is 5.25. The third-order valence-corrected chi connectivity index (χ3v) is 6.83. The van der Waals surface area contributed by atoms with Gasteiger partial charge in [-0.25, -0.2) is 18.2 Å². The number of H-pyrrole nitrogens is 2. The molecule has 3 N–H and O–H groups in total. The second-order valence-corrected chi connectivity index (χ2v) is 8.97. The number of hydrogen-bond donors (Lipinski definition) is 3. The predicted molar refractivity (Wildman–Crippen MR) is 117 cm³/mol. The summed E-state index contributed by atoms with van der Waals surface area (Å²) in [5.41, 5.74) is 4.43. The molecule has 154 valence electrons. The van der Waals surface area contributed by atoms with Crippen LogP contribution in [0, 0.1) is 13.8 Å². The maximum atomic E-state index is 13.0. The van der Waals surface area contributed by atoms with Crippen LogP contribution in [0.1, 0.15) is 16.7 Å². The topological polar surface area (TPSA) is 108 Å². The van der Waals surface area contributed by atoms with E-state index in [2.05, 4.69) is 19.9 Å². The molecule has 0 bridgehead atoms. The number of aromatic nitrogens is 3. The molecular weight excluding hydrogens is 400 g/mol. The van der Waals surface area contributed by atoms with Crippen LogP contribution < -0.4 is 10.3 Å². The first-order valence-corrected chi connectivity index (χ1v) is 11.1. The Morgan fingerprint density at radius 1 is 1.07 bits per heavy atom. The molecule has 0 radical (unpaired) electrons. The quantitative estimate of drug-likeness (QED) is 0.444. The van der Waals surface area contributed by atoms with Gasteiger partial charge in [-0.05, 0) is 61.2 Å². The Bertz CT molecular complexity index is 1370. The molecule has 0 amide bonds. The Kier molecular flexibility index (Phi) is 5.27. The summed E-state index contributed by atoms with van der Waals surface area (Å²) in [6.07, 6.45) is 2.49. The summed E-state index contributed by atoms with van der Waals surface area (Å²) < 4.78 is 28.8. The highest BCUT2D eigenvalue weighted by Gasteiger charge is 2.19. The number of sulfonamides is 1. The first-order chi connectivity index (χ1) is 14.3. The van der Waals surface area contributed by atoms with Crippen LogP contribution in [0.25, 0.3) is 22.2 Å². The second-order valence-electron chi connectivity index (χ2n) is 7.23. The van der Waals surface area contributed by atoms with Crippen molar-refractivity contribution in [2.24, 2.45) is 0 Å². The van der Waals surface area contributed by atoms with Crippen molar-refractivity contribution in [3.63, 3.8) is 0 Å². The molecule has 7 nitrogen and oxygen atoms in total. The van der Waals surface area contributed by atoms with Gasteiger partial charge in [0.15, 0.2) is 0 Å². The summed E-state index contributed by atoms with van der Waals surface area (Å²) in [6, 6.07) is 14.3. The van der Waals surface area contributed by atoms with Crippen LogP contribution in [0.2, 0.25) is 0 Å². The Balaban J connectivity index is 1.58. The van der Waals surface area contributed by atoms with E-state index in [4.69, 9.17) is 0 Å². The number of hydrogen-bond acceptors (Lipinski definition) is 4. The van der Waals surface area contributed by atoms with Crippen LogP contribution in [0.4, 0.5) is 0 Å². The SMILES string of the molecule is Cc1cc(-c2ccc(=O)[nH]n2)cc(S(=O)(=O)NCCc2c[nH]c3ccccc23)c1C. The predicted octanol–water partition coefficient (Wildman–Crippen LogP) is 3.06. The lowest BCUT2D eigenvalue weighted by Gasteiger charge is -2.13. The van der Waals surface area contributed by atoms with E-state index in [9.17, 15) is 13.2 Å². The van der Waals surface area contributed by atoms with Crippen molar-refractivity contribution in [2.45, 2.75) is 25.2 Å². The lowest BCUT2D eigenvalue weighted by atomic mass is 10.0. The van der Waals surface area contributed by atoms with Crippen molar-refractivity contribution in [1.29, 1.82) is 0 Å². The highest BCUT2D eigenvalue weighted by atomic mass is 32.2. The van der Waals surface area contributed by atoms with Gasteiger partial charge in [0.25, 0.3) is 5.56 Å². The highest BCUT2D eigenvalue weighted by molar-refractivity contribution is 7.89. The number of rotatable bonds is 6. The van der Waals surface area contributed by atoms with E-state index in [1.54, 1.807) is 19.1 Å². The van der Waals surface area contributed by atoms with Gasteiger partial charge in [0.1, 0.15) is 0 Å². The van der Waals surface area contributed by atoms with Crippen LogP contribution >= 0.6 is 0 Å². The average molecular weight is 423 g/mol. The van der Waals surface area contributed by atoms with E-state index >= 15 is 0 Å². The van der Waals surface area contributed by atoms with Crippen molar-refractivity contribution in [2.75, 3.05) is 6.54 Å². The highest BCUT2D eigenvalue weighted by Crippen LogP contribution is 2.26. The Labute approximate surface area is 174 Å². The zero-order chi connectivity index (χ0) is 21.3. The van der Waals surface area contributed by atoms with Crippen LogP contribution in [0.5, 0.6) is 0 Å². The molecule has 2 aromatic heterocycles. The number of para-hydroxylation sites is 1. The molecule has 0 atom stereocenters. The summed E-state index contributed by atoms with van der Waals surface area (Å²) in [5.74, 6) is 0. The van der Waals surface area contributed by atoms with Crippen molar-refractivity contribution in [3.05, 3.63) is 81.8 Å².